The summed E-state index contributed by atoms with van der Waals surface area (Å²) in [5, 5.41) is 8.76. The normalized spacial score (nSPS) is 18.8. The number of carbonyl (C=O) groups excluding carboxylic acids is 1. The minimum absolute atomic E-state index is 0.0300. The lowest BCUT2D eigenvalue weighted by Gasteiger charge is -2.29. The zero-order valence-electron chi connectivity index (χ0n) is 16.4. The lowest BCUT2D eigenvalue weighted by Crippen LogP contribution is -2.40. The van der Waals surface area contributed by atoms with Crippen molar-refractivity contribution >= 4 is 5.91 Å². The monoisotopic (exact) mass is 393 g/mol. The summed E-state index contributed by atoms with van der Waals surface area (Å²) in [6, 6.07) is 10.0. The zero-order chi connectivity index (χ0) is 19.8. The van der Waals surface area contributed by atoms with Crippen LogP contribution in [0.3, 0.4) is 0 Å². The van der Waals surface area contributed by atoms with Crippen molar-refractivity contribution in [2.45, 2.75) is 25.8 Å². The summed E-state index contributed by atoms with van der Waals surface area (Å²) in [5.41, 5.74) is 3.92. The fraction of sp³-hybridized carbons (Fsp3) is 0.429. The van der Waals surface area contributed by atoms with Gasteiger partial charge in [0.15, 0.2) is 11.5 Å². The largest absolute Gasteiger partial charge is 0.381 e. The highest BCUT2D eigenvalue weighted by atomic mass is 16.5. The van der Waals surface area contributed by atoms with E-state index in [9.17, 15) is 4.79 Å². The van der Waals surface area contributed by atoms with Crippen LogP contribution in [-0.2, 0) is 36.0 Å². The molecule has 29 heavy (non-hydrogen) atoms. The maximum Gasteiger partial charge on any atom is 0.278 e. The van der Waals surface area contributed by atoms with Crippen LogP contribution in [0.4, 0.5) is 0 Å². The smallest absolute Gasteiger partial charge is 0.278 e. The highest BCUT2D eigenvalue weighted by molar-refractivity contribution is 5.79. The molecule has 3 aromatic rings. The summed E-state index contributed by atoms with van der Waals surface area (Å²) in [6.07, 6.45) is 2.17. The first-order valence-electron chi connectivity index (χ1n) is 9.97. The van der Waals surface area contributed by atoms with Gasteiger partial charge in [0.05, 0.1) is 12.5 Å². The summed E-state index contributed by atoms with van der Waals surface area (Å²) < 4.78 is 12.8. The molecule has 150 valence electrons. The molecule has 2 aliphatic rings. The van der Waals surface area contributed by atoms with Crippen LogP contribution in [0.25, 0.3) is 11.6 Å². The minimum Gasteiger partial charge on any atom is -0.381 e. The fourth-order valence-electron chi connectivity index (χ4n) is 4.14. The molecule has 0 bridgehead atoms. The molecular formula is C21H23N5O3. The van der Waals surface area contributed by atoms with Crippen LogP contribution in [0.2, 0.25) is 0 Å². The van der Waals surface area contributed by atoms with E-state index in [1.807, 2.05) is 47.0 Å². The van der Waals surface area contributed by atoms with E-state index in [1.165, 1.54) is 0 Å². The molecule has 1 amide bonds. The van der Waals surface area contributed by atoms with Gasteiger partial charge in [0.25, 0.3) is 5.89 Å². The average molecular weight is 393 g/mol. The van der Waals surface area contributed by atoms with Crippen molar-refractivity contribution in [3.8, 4) is 11.6 Å². The number of ether oxygens (including phenoxy) is 1. The van der Waals surface area contributed by atoms with E-state index in [0.717, 1.165) is 29.7 Å². The van der Waals surface area contributed by atoms with Gasteiger partial charge in [-0.1, -0.05) is 35.5 Å². The second-order valence-corrected chi connectivity index (χ2v) is 7.65. The van der Waals surface area contributed by atoms with Crippen LogP contribution < -0.4 is 0 Å². The summed E-state index contributed by atoms with van der Waals surface area (Å²) in [4.78, 5) is 19.3. The lowest BCUT2D eigenvalue weighted by molar-refractivity contribution is -0.136. The van der Waals surface area contributed by atoms with Gasteiger partial charge in [0.2, 0.25) is 5.91 Å². The fourth-order valence-corrected chi connectivity index (χ4v) is 4.14. The Hall–Kier alpha value is -3.00. The number of amides is 1. The van der Waals surface area contributed by atoms with Crippen molar-refractivity contribution in [3.63, 3.8) is 0 Å². The summed E-state index contributed by atoms with van der Waals surface area (Å²) in [7, 11) is 1.92. The van der Waals surface area contributed by atoms with Crippen molar-refractivity contribution in [2.24, 2.45) is 13.0 Å². The molecular weight excluding hydrogens is 370 g/mol. The first-order chi connectivity index (χ1) is 14.2. The number of fused-ring (bicyclic) bond motifs is 1. The SMILES string of the molecule is Cn1nc(-c2nc(Cc3ccccc3)no2)c2c1CCN(C(=O)[C@@H]1CCOC1)C2. The van der Waals surface area contributed by atoms with Crippen LogP contribution in [0.5, 0.6) is 0 Å². The summed E-state index contributed by atoms with van der Waals surface area (Å²) >= 11 is 0. The number of aryl methyl sites for hydroxylation is 1. The molecule has 8 nitrogen and oxygen atoms in total. The number of hydrogen-bond donors (Lipinski definition) is 0. The van der Waals surface area contributed by atoms with Gasteiger partial charge in [-0.25, -0.2) is 0 Å². The molecule has 0 saturated carbocycles. The molecule has 8 heteroatoms. The Morgan fingerprint density at radius 1 is 1.28 bits per heavy atom. The number of aromatic nitrogens is 4. The quantitative estimate of drug-likeness (QED) is 0.674. The van der Waals surface area contributed by atoms with Crippen LogP contribution >= 0.6 is 0 Å². The van der Waals surface area contributed by atoms with Gasteiger partial charge in [0, 0.05) is 50.8 Å². The third-order valence-corrected chi connectivity index (χ3v) is 5.71. The van der Waals surface area contributed by atoms with Crippen molar-refractivity contribution < 1.29 is 14.1 Å². The Bertz CT molecular complexity index is 1020. The molecule has 0 radical (unpaired) electrons. The molecule has 0 spiro atoms. The molecule has 1 aromatic carbocycles. The van der Waals surface area contributed by atoms with Gasteiger partial charge >= 0.3 is 0 Å². The van der Waals surface area contributed by atoms with E-state index in [0.29, 0.717) is 50.1 Å². The molecule has 1 fully saturated rings. The van der Waals surface area contributed by atoms with E-state index in [2.05, 4.69) is 15.2 Å². The Balaban J connectivity index is 1.39. The predicted octanol–water partition coefficient (Wildman–Crippen LogP) is 1.98. The van der Waals surface area contributed by atoms with Crippen molar-refractivity contribution in [1.82, 2.24) is 24.8 Å². The minimum atomic E-state index is -0.0300. The topological polar surface area (TPSA) is 86.3 Å². The van der Waals surface area contributed by atoms with E-state index in [4.69, 9.17) is 9.26 Å². The Morgan fingerprint density at radius 2 is 2.14 bits per heavy atom. The van der Waals surface area contributed by atoms with Gasteiger partial charge < -0.3 is 14.2 Å². The van der Waals surface area contributed by atoms with E-state index in [-0.39, 0.29) is 11.8 Å². The average Bonchev–Trinajstić information content (AvgIpc) is 3.49. The Morgan fingerprint density at radius 3 is 2.93 bits per heavy atom. The molecule has 2 aliphatic heterocycles. The maximum absolute atomic E-state index is 12.8. The number of hydrogen-bond acceptors (Lipinski definition) is 6. The summed E-state index contributed by atoms with van der Waals surface area (Å²) in [5.74, 6) is 1.17. The predicted molar refractivity (Wildman–Crippen MR) is 104 cm³/mol. The number of carbonyl (C=O) groups is 1. The Kier molecular flexibility index (Phi) is 4.63. The van der Waals surface area contributed by atoms with Crippen LogP contribution in [0, 0.1) is 5.92 Å². The molecule has 0 aliphatic carbocycles. The Labute approximate surface area is 168 Å². The van der Waals surface area contributed by atoms with E-state index >= 15 is 0 Å². The molecule has 5 rings (SSSR count). The molecule has 1 saturated heterocycles. The van der Waals surface area contributed by atoms with Gasteiger partial charge in [0.1, 0.15) is 0 Å². The maximum atomic E-state index is 12.8. The van der Waals surface area contributed by atoms with Crippen LogP contribution in [0.15, 0.2) is 34.9 Å². The molecule has 1 atom stereocenters. The highest BCUT2D eigenvalue weighted by Crippen LogP contribution is 2.30. The van der Waals surface area contributed by atoms with E-state index in [1.54, 1.807) is 0 Å². The molecule has 4 heterocycles. The third kappa shape index (κ3) is 3.44. The zero-order valence-corrected chi connectivity index (χ0v) is 16.4. The number of rotatable bonds is 4. The van der Waals surface area contributed by atoms with Crippen molar-refractivity contribution in [1.29, 1.82) is 0 Å². The number of nitrogens with zero attached hydrogens (tertiary/aromatic N) is 5. The summed E-state index contributed by atoms with van der Waals surface area (Å²) in [6.45, 7) is 2.41. The number of benzene rings is 1. The second-order valence-electron chi connectivity index (χ2n) is 7.65. The van der Waals surface area contributed by atoms with Gasteiger partial charge in [-0.2, -0.15) is 10.1 Å². The third-order valence-electron chi connectivity index (χ3n) is 5.71. The van der Waals surface area contributed by atoms with Crippen LogP contribution in [-0.4, -0.2) is 50.5 Å². The standard InChI is InChI=1S/C21H23N5O3/c1-25-17-7-9-26(21(27)15-8-10-28-13-15)12-16(17)19(23-25)20-22-18(24-29-20)11-14-5-3-2-4-6-14/h2-6,15H,7-13H2,1H3/t15-/m1/s1. The van der Waals surface area contributed by atoms with Gasteiger partial charge in [-0.15, -0.1) is 0 Å². The van der Waals surface area contributed by atoms with Crippen molar-refractivity contribution in [3.05, 3.63) is 53.0 Å². The van der Waals surface area contributed by atoms with Gasteiger partial charge in [-0.05, 0) is 12.0 Å². The first-order valence-corrected chi connectivity index (χ1v) is 9.97. The highest BCUT2D eigenvalue weighted by Gasteiger charge is 2.33. The molecule has 2 aromatic heterocycles. The van der Waals surface area contributed by atoms with Crippen LogP contribution in [0.1, 0.15) is 29.1 Å². The van der Waals surface area contributed by atoms with E-state index < -0.39 is 0 Å². The van der Waals surface area contributed by atoms with Gasteiger partial charge in [-0.3, -0.25) is 9.48 Å². The van der Waals surface area contributed by atoms with Crippen molar-refractivity contribution in [2.75, 3.05) is 19.8 Å². The lowest BCUT2D eigenvalue weighted by atomic mass is 10.0. The second kappa shape index (κ2) is 7.44. The first kappa shape index (κ1) is 18.1. The molecule has 0 unspecified atom stereocenters. The molecule has 0 N–H and O–H groups in total.